The van der Waals surface area contributed by atoms with Crippen molar-refractivity contribution in [2.45, 2.75) is 25.3 Å². The number of hydrogen-bond donors (Lipinski definition) is 0. The minimum absolute atomic E-state index is 0.121. The molecule has 0 aromatic heterocycles. The molecule has 0 aromatic carbocycles. The summed E-state index contributed by atoms with van der Waals surface area (Å²) in [7, 11) is -0.310. The van der Waals surface area contributed by atoms with Crippen LogP contribution in [0.5, 0.6) is 0 Å². The Morgan fingerprint density at radius 1 is 1.43 bits per heavy atom. The summed E-state index contributed by atoms with van der Waals surface area (Å²) in [6.45, 7) is 0.307. The van der Waals surface area contributed by atoms with Gasteiger partial charge in [0.2, 0.25) is 0 Å². The summed E-state index contributed by atoms with van der Waals surface area (Å²) < 4.78 is 26.1. The van der Waals surface area contributed by atoms with Crippen LogP contribution in [0.25, 0.3) is 0 Å². The third-order valence-electron chi connectivity index (χ3n) is 2.16. The van der Waals surface area contributed by atoms with Crippen LogP contribution in [0.1, 0.15) is 19.3 Å². The zero-order valence-corrected chi connectivity index (χ0v) is 9.29. The molecule has 5 nitrogen and oxygen atoms in total. The lowest BCUT2D eigenvalue weighted by Crippen LogP contribution is -2.41. The lowest BCUT2D eigenvalue weighted by molar-refractivity contribution is 0.373. The van der Waals surface area contributed by atoms with Crippen LogP contribution in [0, 0.1) is 11.3 Å². The fourth-order valence-electron chi connectivity index (χ4n) is 1.22. The Morgan fingerprint density at radius 2 is 2.00 bits per heavy atom. The van der Waals surface area contributed by atoms with Crippen molar-refractivity contribution in [1.29, 1.82) is 5.26 Å². The molecule has 0 aliphatic heterocycles. The fourth-order valence-corrected chi connectivity index (χ4v) is 2.55. The minimum atomic E-state index is -3.33. The number of nitrogens with zero attached hydrogens (tertiary/aromatic N) is 3. The van der Waals surface area contributed by atoms with Crippen LogP contribution in [0.3, 0.4) is 0 Å². The van der Waals surface area contributed by atoms with Gasteiger partial charge in [-0.25, -0.2) is 0 Å². The minimum Gasteiger partial charge on any atom is -0.198 e. The molecule has 0 saturated heterocycles. The van der Waals surface area contributed by atoms with E-state index in [1.54, 1.807) is 0 Å². The quantitative estimate of drug-likeness (QED) is 0.659. The monoisotopic (exact) mass is 217 g/mol. The third-order valence-corrected chi connectivity index (χ3v) is 4.15. The summed E-state index contributed by atoms with van der Waals surface area (Å²) in [4.78, 5) is 0. The van der Waals surface area contributed by atoms with Crippen molar-refractivity contribution in [2.75, 3.05) is 20.6 Å². The normalized spacial score (nSPS) is 17.4. The van der Waals surface area contributed by atoms with Crippen molar-refractivity contribution in [3.8, 4) is 6.07 Å². The second-order valence-electron chi connectivity index (χ2n) is 3.54. The number of hydrogen-bond acceptors (Lipinski definition) is 3. The molecule has 1 saturated carbocycles. The smallest absolute Gasteiger partial charge is 0.198 e. The standard InChI is InChI=1S/C8H15N3O2S/c1-10(2)14(12,13)11(7-3-6-9)8-4-5-8/h8H,3-5,7H2,1-2H3. The highest BCUT2D eigenvalue weighted by Gasteiger charge is 2.37. The van der Waals surface area contributed by atoms with E-state index >= 15 is 0 Å². The van der Waals surface area contributed by atoms with Crippen LogP contribution in [0.15, 0.2) is 0 Å². The molecular weight excluding hydrogens is 202 g/mol. The first-order chi connectivity index (χ1) is 6.50. The Morgan fingerprint density at radius 3 is 2.36 bits per heavy atom. The molecular formula is C8H15N3O2S. The number of rotatable bonds is 5. The summed E-state index contributed by atoms with van der Waals surface area (Å²) in [5, 5.41) is 8.44. The molecule has 0 spiro atoms. The topological polar surface area (TPSA) is 64.4 Å². The zero-order valence-electron chi connectivity index (χ0n) is 8.47. The Bertz CT molecular complexity index is 327. The lowest BCUT2D eigenvalue weighted by Gasteiger charge is -2.24. The van der Waals surface area contributed by atoms with E-state index in [9.17, 15) is 8.42 Å². The van der Waals surface area contributed by atoms with E-state index in [0.717, 1.165) is 12.8 Å². The first-order valence-corrected chi connectivity index (χ1v) is 5.96. The SMILES string of the molecule is CN(C)S(=O)(=O)N(CCC#N)C1CC1. The molecule has 0 heterocycles. The Hall–Kier alpha value is -0.640. The second-order valence-corrected chi connectivity index (χ2v) is 5.64. The van der Waals surface area contributed by atoms with Gasteiger partial charge in [-0.3, -0.25) is 0 Å². The van der Waals surface area contributed by atoms with Crippen LogP contribution >= 0.6 is 0 Å². The first kappa shape index (κ1) is 11.4. The Kier molecular flexibility index (Phi) is 3.48. The maximum absolute atomic E-state index is 11.8. The Labute approximate surface area is 85.1 Å². The summed E-state index contributed by atoms with van der Waals surface area (Å²) >= 11 is 0. The fraction of sp³-hybridized carbons (Fsp3) is 0.875. The third kappa shape index (κ3) is 2.44. The van der Waals surface area contributed by atoms with E-state index < -0.39 is 10.2 Å². The molecule has 1 aliphatic rings. The molecule has 0 N–H and O–H groups in total. The number of nitriles is 1. The molecule has 14 heavy (non-hydrogen) atoms. The van der Waals surface area contributed by atoms with Crippen molar-refractivity contribution in [1.82, 2.24) is 8.61 Å². The van der Waals surface area contributed by atoms with Crippen LogP contribution in [-0.2, 0) is 10.2 Å². The van der Waals surface area contributed by atoms with Gasteiger partial charge in [0.25, 0.3) is 10.2 Å². The average molecular weight is 217 g/mol. The molecule has 0 aromatic rings. The largest absolute Gasteiger partial charge is 0.281 e. The van der Waals surface area contributed by atoms with Gasteiger partial charge in [0.05, 0.1) is 6.07 Å². The van der Waals surface area contributed by atoms with Crippen molar-refractivity contribution in [2.24, 2.45) is 0 Å². The van der Waals surface area contributed by atoms with Crippen LogP contribution < -0.4 is 0 Å². The molecule has 0 unspecified atom stereocenters. The average Bonchev–Trinajstić information content (AvgIpc) is 2.88. The van der Waals surface area contributed by atoms with Gasteiger partial charge in [0.1, 0.15) is 0 Å². The maximum Gasteiger partial charge on any atom is 0.281 e. The van der Waals surface area contributed by atoms with Gasteiger partial charge in [-0.1, -0.05) is 0 Å². The molecule has 0 atom stereocenters. The van der Waals surface area contributed by atoms with E-state index in [4.69, 9.17) is 5.26 Å². The van der Waals surface area contributed by atoms with E-state index in [-0.39, 0.29) is 12.5 Å². The van der Waals surface area contributed by atoms with Gasteiger partial charge >= 0.3 is 0 Å². The van der Waals surface area contributed by atoms with Gasteiger partial charge in [-0.05, 0) is 12.8 Å². The predicted molar refractivity (Wildman–Crippen MR) is 52.6 cm³/mol. The summed E-state index contributed by atoms with van der Waals surface area (Å²) in [6, 6.07) is 2.09. The van der Waals surface area contributed by atoms with Crippen molar-refractivity contribution in [3.63, 3.8) is 0 Å². The zero-order chi connectivity index (χ0) is 10.8. The van der Waals surface area contributed by atoms with Crippen LogP contribution in [0.2, 0.25) is 0 Å². The molecule has 1 aliphatic carbocycles. The highest BCUT2D eigenvalue weighted by molar-refractivity contribution is 7.86. The molecule has 6 heteroatoms. The summed E-state index contributed by atoms with van der Waals surface area (Å²) in [5.74, 6) is 0. The summed E-state index contributed by atoms with van der Waals surface area (Å²) in [5.41, 5.74) is 0. The molecule has 0 bridgehead atoms. The van der Waals surface area contributed by atoms with Crippen molar-refractivity contribution in [3.05, 3.63) is 0 Å². The maximum atomic E-state index is 11.8. The highest BCUT2D eigenvalue weighted by atomic mass is 32.2. The summed E-state index contributed by atoms with van der Waals surface area (Å²) in [6.07, 6.45) is 2.08. The predicted octanol–water partition coefficient (Wildman–Crippen LogP) is 0.171. The van der Waals surface area contributed by atoms with Gasteiger partial charge in [0.15, 0.2) is 0 Å². The van der Waals surface area contributed by atoms with Crippen LogP contribution in [0.4, 0.5) is 0 Å². The van der Waals surface area contributed by atoms with E-state index in [1.807, 2.05) is 6.07 Å². The van der Waals surface area contributed by atoms with Gasteiger partial charge in [-0.2, -0.15) is 22.3 Å². The van der Waals surface area contributed by atoms with E-state index in [2.05, 4.69) is 0 Å². The van der Waals surface area contributed by atoms with Crippen LogP contribution in [-0.4, -0.2) is 43.7 Å². The lowest BCUT2D eigenvalue weighted by atomic mass is 10.4. The second kappa shape index (κ2) is 4.26. The van der Waals surface area contributed by atoms with Gasteiger partial charge in [0, 0.05) is 33.1 Å². The van der Waals surface area contributed by atoms with E-state index in [1.165, 1.54) is 22.7 Å². The van der Waals surface area contributed by atoms with Gasteiger partial charge < -0.3 is 0 Å². The molecule has 1 fully saturated rings. The van der Waals surface area contributed by atoms with E-state index in [0.29, 0.717) is 6.54 Å². The molecule has 80 valence electrons. The molecule has 0 amide bonds. The molecule has 0 radical (unpaired) electrons. The Balaban J connectivity index is 2.72. The first-order valence-electron chi connectivity index (χ1n) is 4.56. The van der Waals surface area contributed by atoms with Gasteiger partial charge in [-0.15, -0.1) is 0 Å². The highest BCUT2D eigenvalue weighted by Crippen LogP contribution is 2.29. The van der Waals surface area contributed by atoms with Crippen molar-refractivity contribution < 1.29 is 8.42 Å². The van der Waals surface area contributed by atoms with Crippen molar-refractivity contribution >= 4 is 10.2 Å². The molecule has 1 rings (SSSR count).